The lowest BCUT2D eigenvalue weighted by Crippen LogP contribution is -2.36. The average Bonchev–Trinajstić information content (AvgIpc) is 3.36. The molecule has 3 aromatic carbocycles. The number of amides is 2. The highest BCUT2D eigenvalue weighted by Crippen LogP contribution is 2.49. The Labute approximate surface area is 203 Å². The van der Waals surface area contributed by atoms with Crippen molar-refractivity contribution in [3.63, 3.8) is 0 Å². The van der Waals surface area contributed by atoms with Crippen molar-refractivity contribution in [3.05, 3.63) is 90.5 Å². The van der Waals surface area contributed by atoms with Crippen molar-refractivity contribution in [1.29, 1.82) is 0 Å². The van der Waals surface area contributed by atoms with Gasteiger partial charge in [-0.15, -0.1) is 0 Å². The Morgan fingerprint density at radius 2 is 1.60 bits per heavy atom. The fourth-order valence-corrected chi connectivity index (χ4v) is 5.61. The first kappa shape index (κ1) is 21.5. The van der Waals surface area contributed by atoms with E-state index in [2.05, 4.69) is 11.0 Å². The summed E-state index contributed by atoms with van der Waals surface area (Å²) < 4.78 is 5.44. The number of likely N-dealkylation sites (tertiary alicyclic amines) is 1. The highest BCUT2D eigenvalue weighted by molar-refractivity contribution is 6.22. The lowest BCUT2D eigenvalue weighted by Gasteiger charge is -2.27. The molecule has 6 nitrogen and oxygen atoms in total. The number of rotatable bonds is 4. The predicted octanol–water partition coefficient (Wildman–Crippen LogP) is 4.70. The van der Waals surface area contributed by atoms with E-state index < -0.39 is 5.92 Å². The highest BCUT2D eigenvalue weighted by Gasteiger charge is 2.57. The van der Waals surface area contributed by atoms with Gasteiger partial charge in [0.15, 0.2) is 0 Å². The molecule has 0 bridgehead atoms. The molecule has 6 heteroatoms. The second-order valence-electron chi connectivity index (χ2n) is 9.21. The van der Waals surface area contributed by atoms with E-state index in [4.69, 9.17) is 9.72 Å². The van der Waals surface area contributed by atoms with Crippen LogP contribution in [0.15, 0.2) is 84.9 Å². The van der Waals surface area contributed by atoms with Gasteiger partial charge in [0.2, 0.25) is 11.8 Å². The molecule has 2 amide bonds. The lowest BCUT2D eigenvalue weighted by molar-refractivity contribution is -0.123. The molecule has 2 aliphatic heterocycles. The molecule has 6 rings (SSSR count). The minimum atomic E-state index is -0.472. The van der Waals surface area contributed by atoms with Crippen LogP contribution in [0.1, 0.15) is 11.6 Å². The van der Waals surface area contributed by atoms with Crippen LogP contribution >= 0.6 is 0 Å². The zero-order valence-corrected chi connectivity index (χ0v) is 19.6. The highest BCUT2D eigenvalue weighted by atomic mass is 16.5. The Morgan fingerprint density at radius 1 is 0.886 bits per heavy atom. The number of methoxy groups -OCH3 is 1. The standard InChI is InChI=1S/C29H25N3O3/c1-31-17-23-25(29(34)32(28(23)33)20-11-7-4-8-12-20)27(31)22-16-19-15-21(35-2)13-14-24(19)30-26(22)18-9-5-3-6-10-18/h3-16,23,25,27H,17H2,1-2H3/t23-,25-,27+/m0/s1. The number of imide groups is 1. The van der Waals surface area contributed by atoms with E-state index in [9.17, 15) is 9.59 Å². The van der Waals surface area contributed by atoms with E-state index in [1.54, 1.807) is 7.11 Å². The Kier molecular flexibility index (Phi) is 5.11. The lowest BCUT2D eigenvalue weighted by atomic mass is 9.86. The number of pyridine rings is 1. The fourth-order valence-electron chi connectivity index (χ4n) is 5.61. The number of aromatic nitrogens is 1. The minimum Gasteiger partial charge on any atom is -0.497 e. The molecule has 3 heterocycles. The maximum absolute atomic E-state index is 13.8. The normalized spacial score (nSPS) is 22.1. The maximum atomic E-state index is 13.8. The summed E-state index contributed by atoms with van der Waals surface area (Å²) in [5.74, 6) is -0.386. The number of para-hydroxylation sites is 1. The van der Waals surface area contributed by atoms with E-state index in [1.165, 1.54) is 4.90 Å². The SMILES string of the molecule is COc1ccc2nc(-c3ccccc3)c([C@@H]3[C@H]4C(=O)N(c5ccccc5)C(=O)[C@H]4CN3C)cc2c1. The summed E-state index contributed by atoms with van der Waals surface area (Å²) in [6, 6.07) is 26.9. The van der Waals surface area contributed by atoms with Crippen LogP contribution in [0.2, 0.25) is 0 Å². The fraction of sp³-hybridized carbons (Fsp3) is 0.207. The molecule has 0 spiro atoms. The largest absolute Gasteiger partial charge is 0.497 e. The molecule has 4 aromatic rings. The average molecular weight is 464 g/mol. The Hall–Kier alpha value is -4.03. The van der Waals surface area contributed by atoms with E-state index in [-0.39, 0.29) is 23.8 Å². The van der Waals surface area contributed by atoms with Crippen molar-refractivity contribution in [1.82, 2.24) is 9.88 Å². The van der Waals surface area contributed by atoms with E-state index in [0.717, 1.165) is 33.5 Å². The van der Waals surface area contributed by atoms with E-state index in [1.807, 2.05) is 85.9 Å². The van der Waals surface area contributed by atoms with Gasteiger partial charge in [-0.25, -0.2) is 9.88 Å². The number of fused-ring (bicyclic) bond motifs is 2. The molecule has 0 radical (unpaired) electrons. The molecular formula is C29H25N3O3. The summed E-state index contributed by atoms with van der Waals surface area (Å²) in [4.78, 5) is 35.7. The van der Waals surface area contributed by atoms with Gasteiger partial charge in [0.1, 0.15) is 5.75 Å². The molecule has 3 atom stereocenters. The summed E-state index contributed by atoms with van der Waals surface area (Å²) in [6.07, 6.45) is 0. The zero-order valence-electron chi connectivity index (χ0n) is 19.6. The number of carbonyl (C=O) groups excluding carboxylic acids is 2. The summed E-state index contributed by atoms with van der Waals surface area (Å²) in [6.45, 7) is 0.521. The number of hydrogen-bond donors (Lipinski definition) is 0. The van der Waals surface area contributed by atoms with Crippen molar-refractivity contribution < 1.29 is 14.3 Å². The van der Waals surface area contributed by atoms with E-state index in [0.29, 0.717) is 12.2 Å². The number of benzene rings is 3. The topological polar surface area (TPSA) is 62.7 Å². The van der Waals surface area contributed by atoms with Crippen molar-refractivity contribution in [3.8, 4) is 17.0 Å². The molecule has 35 heavy (non-hydrogen) atoms. The van der Waals surface area contributed by atoms with Gasteiger partial charge in [-0.05, 0) is 49.0 Å². The van der Waals surface area contributed by atoms with Gasteiger partial charge < -0.3 is 4.74 Å². The second-order valence-corrected chi connectivity index (χ2v) is 9.21. The van der Waals surface area contributed by atoms with Crippen LogP contribution < -0.4 is 9.64 Å². The molecule has 2 aliphatic rings. The summed E-state index contributed by atoms with van der Waals surface area (Å²) in [5.41, 5.74) is 4.24. The summed E-state index contributed by atoms with van der Waals surface area (Å²) in [5, 5.41) is 0.938. The summed E-state index contributed by atoms with van der Waals surface area (Å²) in [7, 11) is 3.63. The van der Waals surface area contributed by atoms with Gasteiger partial charge in [-0.1, -0.05) is 48.5 Å². The zero-order chi connectivity index (χ0) is 24.1. The van der Waals surface area contributed by atoms with Crippen LogP contribution in [-0.2, 0) is 9.59 Å². The first-order valence-corrected chi connectivity index (χ1v) is 11.7. The summed E-state index contributed by atoms with van der Waals surface area (Å²) >= 11 is 0. The number of ether oxygens (including phenoxy) is 1. The molecule has 1 aromatic heterocycles. The first-order valence-electron chi connectivity index (χ1n) is 11.7. The molecule has 174 valence electrons. The number of nitrogens with zero attached hydrogens (tertiary/aromatic N) is 3. The van der Waals surface area contributed by atoms with Crippen LogP contribution in [0, 0.1) is 11.8 Å². The molecule has 2 saturated heterocycles. The Bertz CT molecular complexity index is 1440. The quantitative estimate of drug-likeness (QED) is 0.411. The molecular weight excluding hydrogens is 438 g/mol. The van der Waals surface area contributed by atoms with Crippen LogP contribution in [0.3, 0.4) is 0 Å². The second kappa shape index (κ2) is 8.32. The Balaban J connectivity index is 1.52. The molecule has 2 fully saturated rings. The predicted molar refractivity (Wildman–Crippen MR) is 135 cm³/mol. The van der Waals surface area contributed by atoms with Crippen molar-refractivity contribution >= 4 is 28.4 Å². The Morgan fingerprint density at radius 3 is 2.31 bits per heavy atom. The van der Waals surface area contributed by atoms with Gasteiger partial charge in [0.05, 0.1) is 35.8 Å². The smallest absolute Gasteiger partial charge is 0.239 e. The molecule has 0 aliphatic carbocycles. The third kappa shape index (κ3) is 3.41. The molecule has 0 unspecified atom stereocenters. The van der Waals surface area contributed by atoms with Crippen LogP contribution in [0.25, 0.3) is 22.2 Å². The van der Waals surface area contributed by atoms with Gasteiger partial charge in [0, 0.05) is 23.5 Å². The monoisotopic (exact) mass is 463 g/mol. The number of anilines is 1. The van der Waals surface area contributed by atoms with Crippen molar-refractivity contribution in [2.75, 3.05) is 25.6 Å². The van der Waals surface area contributed by atoms with Crippen LogP contribution in [0.5, 0.6) is 5.75 Å². The molecule has 0 saturated carbocycles. The first-order chi connectivity index (χ1) is 17.1. The van der Waals surface area contributed by atoms with Crippen molar-refractivity contribution in [2.24, 2.45) is 11.8 Å². The molecule has 0 N–H and O–H groups in total. The third-order valence-corrected chi connectivity index (χ3v) is 7.21. The van der Waals surface area contributed by atoms with Crippen LogP contribution in [-0.4, -0.2) is 42.4 Å². The van der Waals surface area contributed by atoms with Gasteiger partial charge in [-0.2, -0.15) is 0 Å². The van der Waals surface area contributed by atoms with Crippen LogP contribution in [0.4, 0.5) is 5.69 Å². The van der Waals surface area contributed by atoms with Gasteiger partial charge in [0.25, 0.3) is 0 Å². The number of carbonyl (C=O) groups is 2. The minimum absolute atomic E-state index is 0.128. The van der Waals surface area contributed by atoms with Gasteiger partial charge >= 0.3 is 0 Å². The number of hydrogen-bond acceptors (Lipinski definition) is 5. The van der Waals surface area contributed by atoms with E-state index >= 15 is 0 Å². The van der Waals surface area contributed by atoms with Crippen molar-refractivity contribution in [2.45, 2.75) is 6.04 Å². The third-order valence-electron chi connectivity index (χ3n) is 7.21. The van der Waals surface area contributed by atoms with Gasteiger partial charge in [-0.3, -0.25) is 14.5 Å². The maximum Gasteiger partial charge on any atom is 0.239 e.